The summed E-state index contributed by atoms with van der Waals surface area (Å²) in [6, 6.07) is 13.3. The van der Waals surface area contributed by atoms with Crippen molar-refractivity contribution < 1.29 is 39.6 Å². The van der Waals surface area contributed by atoms with Gasteiger partial charge in [-0.05, 0) is 149 Å². The monoisotopic (exact) mass is 916 g/mol. The van der Waals surface area contributed by atoms with Crippen molar-refractivity contribution in [3.8, 4) is 0 Å². The number of rotatable bonds is 4. The molecule has 5 aliphatic heterocycles. The lowest BCUT2D eigenvalue weighted by Crippen LogP contribution is -2.47. The van der Waals surface area contributed by atoms with E-state index in [9.17, 15) is 29.8 Å². The van der Waals surface area contributed by atoms with Gasteiger partial charge in [-0.15, -0.1) is 0 Å². The van der Waals surface area contributed by atoms with Crippen molar-refractivity contribution in [2.24, 2.45) is 0 Å². The Morgan fingerprint density at radius 2 is 1.10 bits per heavy atom. The highest BCUT2D eigenvalue weighted by atomic mass is 79.9. The lowest BCUT2D eigenvalue weighted by Gasteiger charge is -2.35. The number of carbonyl (C=O) groups excluding carboxylic acids is 2. The summed E-state index contributed by atoms with van der Waals surface area (Å²) >= 11 is 3.17. The summed E-state index contributed by atoms with van der Waals surface area (Å²) in [6.07, 6.45) is 9.23. The maximum Gasteiger partial charge on any atom is 0.490 e. The first-order valence-electron chi connectivity index (χ1n) is 19.8. The quantitative estimate of drug-likeness (QED) is 0.164. The maximum atomic E-state index is 12.5. The topological polar surface area (TPSA) is 164 Å². The van der Waals surface area contributed by atoms with Crippen molar-refractivity contribution in [1.82, 2.24) is 9.80 Å². The van der Waals surface area contributed by atoms with Crippen molar-refractivity contribution >= 4 is 52.2 Å². The van der Waals surface area contributed by atoms with E-state index in [0.29, 0.717) is 0 Å². The minimum Gasteiger partial charge on any atom is -0.444 e. The average molecular weight is 918 g/mol. The Kier molecular flexibility index (Phi) is 17.6. The second kappa shape index (κ2) is 20.3. The van der Waals surface area contributed by atoms with Gasteiger partial charge in [-0.25, -0.2) is 9.59 Å². The Balaban J connectivity index is 0.000000484. The van der Waals surface area contributed by atoms with Crippen molar-refractivity contribution in [2.45, 2.75) is 177 Å². The summed E-state index contributed by atoms with van der Waals surface area (Å²) in [5.41, 5.74) is 1.88. The molecule has 0 saturated carbocycles. The Morgan fingerprint density at radius 3 is 1.48 bits per heavy atom. The average Bonchev–Trinajstić information content (AvgIpc) is 3.63. The molecule has 4 atom stereocenters. The van der Waals surface area contributed by atoms with E-state index in [4.69, 9.17) is 18.8 Å². The second-order valence-electron chi connectivity index (χ2n) is 18.3. The summed E-state index contributed by atoms with van der Waals surface area (Å²) in [4.78, 5) is 48.8. The summed E-state index contributed by atoms with van der Waals surface area (Å²) in [5.74, 6) is 0. The van der Waals surface area contributed by atoms with Crippen LogP contribution in [0.4, 0.5) is 21.0 Å². The van der Waals surface area contributed by atoms with Gasteiger partial charge in [0, 0.05) is 42.2 Å². The van der Waals surface area contributed by atoms with Crippen molar-refractivity contribution in [3.05, 3.63) is 96.4 Å². The minimum absolute atomic E-state index is 0. The lowest BCUT2D eigenvalue weighted by atomic mass is 9.73. The fourth-order valence-electron chi connectivity index (χ4n) is 7.64. The number of ether oxygens (including phenoxy) is 2. The molecule has 0 aliphatic carbocycles. The molecule has 4 bridgehead atoms. The number of carbonyl (C=O) groups is 2. The van der Waals surface area contributed by atoms with Gasteiger partial charge in [-0.2, -0.15) is 0 Å². The molecule has 0 spiro atoms. The molecule has 5 heterocycles. The predicted molar refractivity (Wildman–Crippen MR) is 247 cm³/mol. The molecule has 3 fully saturated rings. The molecular formula is C45H70BBrN4O10. The van der Waals surface area contributed by atoms with Gasteiger partial charge in [0.25, 0.3) is 11.4 Å². The molecule has 7 rings (SSSR count). The van der Waals surface area contributed by atoms with Crippen LogP contribution in [-0.4, -0.2) is 85.5 Å². The van der Waals surface area contributed by atoms with Crippen LogP contribution in [0.1, 0.15) is 137 Å². The highest BCUT2D eigenvalue weighted by Crippen LogP contribution is 2.44. The standard InChI is InChI=1S/C18H30BNO4.C18H22N2O4.C6H4BrNO2.3CH4.H2/c1-16(2,3)22-15(21)20-13-8-9-14(20)11-12(10-13)19-23-17(4,5)18(6,7)24-19;1-18(2,3)24-17(21)19-15-8-9-16(19)11-13(10-15)12-4-6-14(7-5-12)20(22)23;7-5-1-3-6(4-2-5)8(9)10;;;;/h10,13-14H,8-9,11H2,1-7H3;4-7,10,15-16H,8-9,11H2,1-3H3;1-4H;3*1H4;1H. The van der Waals surface area contributed by atoms with Gasteiger partial charge in [0.15, 0.2) is 0 Å². The van der Waals surface area contributed by atoms with Crippen molar-refractivity contribution in [2.75, 3.05) is 0 Å². The number of amides is 2. The molecule has 0 aromatic heterocycles. The zero-order valence-corrected chi connectivity index (χ0v) is 36.7. The van der Waals surface area contributed by atoms with Crippen LogP contribution in [0.25, 0.3) is 5.57 Å². The summed E-state index contributed by atoms with van der Waals surface area (Å²) in [5, 5.41) is 20.9. The van der Waals surface area contributed by atoms with E-state index in [1.807, 2.05) is 51.3 Å². The van der Waals surface area contributed by atoms with Crippen LogP contribution in [0.3, 0.4) is 0 Å². The fourth-order valence-corrected chi connectivity index (χ4v) is 7.90. The molecular weight excluding hydrogens is 847 g/mol. The van der Waals surface area contributed by atoms with Crippen molar-refractivity contribution in [1.29, 1.82) is 0 Å². The highest BCUT2D eigenvalue weighted by Gasteiger charge is 2.54. The zero-order chi connectivity index (χ0) is 43.0. The number of nitro groups is 2. The van der Waals surface area contributed by atoms with Crippen LogP contribution in [0.15, 0.2) is 70.6 Å². The Labute approximate surface area is 373 Å². The molecule has 0 radical (unpaired) electrons. The molecule has 5 aliphatic rings. The first-order valence-corrected chi connectivity index (χ1v) is 20.6. The van der Waals surface area contributed by atoms with Crippen LogP contribution in [0, 0.1) is 20.2 Å². The van der Waals surface area contributed by atoms with Gasteiger partial charge >= 0.3 is 19.3 Å². The number of halogens is 1. The third-order valence-electron chi connectivity index (χ3n) is 11.1. The molecule has 14 nitrogen and oxygen atoms in total. The van der Waals surface area contributed by atoms with E-state index < -0.39 is 21.0 Å². The van der Waals surface area contributed by atoms with Crippen LogP contribution in [0.5, 0.6) is 0 Å². The first kappa shape index (κ1) is 52.9. The van der Waals surface area contributed by atoms with Gasteiger partial charge in [0.1, 0.15) is 11.2 Å². The molecule has 16 heteroatoms. The Morgan fingerprint density at radius 1 is 0.705 bits per heavy atom. The van der Waals surface area contributed by atoms with E-state index in [0.717, 1.165) is 54.1 Å². The molecule has 2 aromatic rings. The van der Waals surface area contributed by atoms with Crippen LogP contribution in [-0.2, 0) is 18.8 Å². The molecule has 0 N–H and O–H groups in total. The number of non-ortho nitro benzene ring substituents is 2. The van der Waals surface area contributed by atoms with Crippen LogP contribution in [0.2, 0.25) is 0 Å². The number of nitrogens with zero attached hydrogens (tertiary/aromatic N) is 4. The molecule has 3 saturated heterocycles. The third kappa shape index (κ3) is 13.1. The summed E-state index contributed by atoms with van der Waals surface area (Å²) in [7, 11) is -0.307. The number of nitro benzene ring substituents is 2. The summed E-state index contributed by atoms with van der Waals surface area (Å²) < 4.78 is 24.3. The van der Waals surface area contributed by atoms with E-state index in [2.05, 4.69) is 55.8 Å². The fraction of sp³-hybridized carbons (Fsp3) is 0.600. The van der Waals surface area contributed by atoms with Crippen molar-refractivity contribution in [3.63, 3.8) is 0 Å². The molecule has 61 heavy (non-hydrogen) atoms. The van der Waals surface area contributed by atoms with E-state index in [-0.39, 0.29) is 89.8 Å². The Hall–Kier alpha value is -4.28. The van der Waals surface area contributed by atoms with E-state index >= 15 is 0 Å². The SMILES string of the molecule is C.C.C.CC(C)(C)OC(=O)N1C2C=C(B3OC(C)(C)C(C)(C)O3)CC1CC2.CC(C)(C)OC(=O)N1C2C=C(c3ccc([N+](=O)[O-])cc3)CC1CC2.O=[N+]([O-])c1ccc(Br)cc1.[HH]. The third-order valence-corrected chi connectivity index (χ3v) is 11.6. The number of fused-ring (bicyclic) bond motifs is 4. The van der Waals surface area contributed by atoms with Gasteiger partial charge in [-0.1, -0.05) is 50.4 Å². The molecule has 2 amide bonds. The smallest absolute Gasteiger partial charge is 0.444 e. The van der Waals surface area contributed by atoms with Crippen LogP contribution < -0.4 is 0 Å². The van der Waals surface area contributed by atoms with Crippen LogP contribution >= 0.6 is 15.9 Å². The number of benzene rings is 2. The summed E-state index contributed by atoms with van der Waals surface area (Å²) in [6.45, 7) is 19.6. The first-order chi connectivity index (χ1) is 26.8. The number of hydrogen-bond donors (Lipinski definition) is 0. The van der Waals surface area contributed by atoms with Gasteiger partial charge in [0.05, 0.1) is 33.1 Å². The zero-order valence-electron chi connectivity index (χ0n) is 35.2. The normalized spacial score (nSPS) is 22.8. The van der Waals surface area contributed by atoms with E-state index in [1.165, 1.54) is 29.7 Å². The van der Waals surface area contributed by atoms with Gasteiger partial charge in [-0.3, -0.25) is 30.0 Å². The number of hydrogen-bond acceptors (Lipinski definition) is 10. The Bertz CT molecular complexity index is 1910. The van der Waals surface area contributed by atoms with E-state index in [1.54, 1.807) is 24.3 Å². The molecule has 340 valence electrons. The minimum atomic E-state index is -0.501. The second-order valence-corrected chi connectivity index (χ2v) is 19.3. The molecule has 2 aromatic carbocycles. The maximum absolute atomic E-state index is 12.5. The highest BCUT2D eigenvalue weighted by molar-refractivity contribution is 9.10. The lowest BCUT2D eigenvalue weighted by molar-refractivity contribution is -0.385. The van der Waals surface area contributed by atoms with Gasteiger partial charge in [0.2, 0.25) is 0 Å². The van der Waals surface area contributed by atoms with Gasteiger partial charge < -0.3 is 18.8 Å². The molecule has 4 unspecified atom stereocenters. The largest absolute Gasteiger partial charge is 0.490 e. The predicted octanol–water partition coefficient (Wildman–Crippen LogP) is 12.4.